The van der Waals surface area contributed by atoms with Crippen LogP contribution in [0.4, 0.5) is 0 Å². The van der Waals surface area contributed by atoms with E-state index in [9.17, 15) is 4.79 Å². The van der Waals surface area contributed by atoms with Crippen molar-refractivity contribution in [3.05, 3.63) is 45.1 Å². The van der Waals surface area contributed by atoms with Gasteiger partial charge in [-0.25, -0.2) is 4.68 Å². The van der Waals surface area contributed by atoms with Crippen LogP contribution in [-0.2, 0) is 31.3 Å². The van der Waals surface area contributed by atoms with E-state index < -0.39 is 0 Å². The summed E-state index contributed by atoms with van der Waals surface area (Å²) in [7, 11) is 0. The van der Waals surface area contributed by atoms with Crippen molar-refractivity contribution in [3.8, 4) is 0 Å². The lowest BCUT2D eigenvalue weighted by Gasteiger charge is -2.34. The minimum atomic E-state index is -0.0491. The van der Waals surface area contributed by atoms with Crippen molar-refractivity contribution in [1.82, 2.24) is 29.8 Å². The maximum Gasteiger partial charge on any atom is 0.266 e. The predicted molar refractivity (Wildman–Crippen MR) is 114 cm³/mol. The number of piperazine rings is 1. The fourth-order valence-corrected chi connectivity index (χ4v) is 4.31. The van der Waals surface area contributed by atoms with Gasteiger partial charge in [-0.2, -0.15) is 10.2 Å². The van der Waals surface area contributed by atoms with E-state index in [1.165, 1.54) is 36.2 Å². The number of aromatic nitrogens is 4. The molecule has 158 valence electrons. The molecule has 7 heteroatoms. The van der Waals surface area contributed by atoms with Crippen molar-refractivity contribution in [2.24, 2.45) is 0 Å². The molecule has 2 aromatic rings. The molecule has 1 aliphatic heterocycles. The summed E-state index contributed by atoms with van der Waals surface area (Å²) in [5, 5.41) is 12.4. The molecule has 0 bridgehead atoms. The van der Waals surface area contributed by atoms with E-state index in [-0.39, 0.29) is 11.0 Å². The van der Waals surface area contributed by atoms with Gasteiger partial charge in [0.2, 0.25) is 0 Å². The van der Waals surface area contributed by atoms with E-state index >= 15 is 0 Å². The Kier molecular flexibility index (Phi) is 5.88. The van der Waals surface area contributed by atoms with E-state index in [2.05, 4.69) is 45.9 Å². The van der Waals surface area contributed by atoms with Crippen LogP contribution in [0.25, 0.3) is 0 Å². The first kappa shape index (κ1) is 20.3. The van der Waals surface area contributed by atoms with Crippen molar-refractivity contribution >= 4 is 0 Å². The molecule has 0 unspecified atom stereocenters. The largest absolute Gasteiger partial charge is 0.299 e. The number of fused-ring (bicyclic) bond motifs is 1. The van der Waals surface area contributed by atoms with Crippen molar-refractivity contribution < 1.29 is 0 Å². The third-order valence-corrected chi connectivity index (χ3v) is 6.24. The molecule has 0 aromatic carbocycles. The van der Waals surface area contributed by atoms with Gasteiger partial charge < -0.3 is 0 Å². The molecule has 0 radical (unpaired) electrons. The molecular weight excluding hydrogens is 364 g/mol. The molecule has 2 aliphatic rings. The standard InChI is InChI=1S/C22H34N6O/c1-22(2,3)20-8-9-21(29)28(25-20)15-14-26-10-12-27(13-11-26)16-19-17-6-4-5-7-18(17)23-24-19/h8-9H,4-7,10-16H2,1-3H3,(H,23,24). The summed E-state index contributed by atoms with van der Waals surface area (Å²) >= 11 is 0. The van der Waals surface area contributed by atoms with E-state index in [0.717, 1.165) is 51.4 Å². The fraction of sp³-hybridized carbons (Fsp3) is 0.682. The molecule has 3 heterocycles. The summed E-state index contributed by atoms with van der Waals surface area (Å²) in [4.78, 5) is 17.1. The summed E-state index contributed by atoms with van der Waals surface area (Å²) in [5.41, 5.74) is 4.99. The first-order chi connectivity index (χ1) is 13.9. The van der Waals surface area contributed by atoms with Gasteiger partial charge >= 0.3 is 0 Å². The Balaban J connectivity index is 1.28. The SMILES string of the molecule is CC(C)(C)c1ccc(=O)n(CCN2CCN(Cc3n[nH]c4c3CCCC4)CC2)n1. The van der Waals surface area contributed by atoms with Gasteiger partial charge in [-0.3, -0.25) is 19.7 Å². The summed E-state index contributed by atoms with van der Waals surface area (Å²) in [6, 6.07) is 3.50. The topological polar surface area (TPSA) is 70.1 Å². The van der Waals surface area contributed by atoms with Crippen LogP contribution in [0.5, 0.6) is 0 Å². The van der Waals surface area contributed by atoms with E-state index in [4.69, 9.17) is 0 Å². The average molecular weight is 399 g/mol. The molecule has 29 heavy (non-hydrogen) atoms. The molecule has 0 spiro atoms. The Hall–Kier alpha value is -1.99. The molecule has 0 saturated carbocycles. The van der Waals surface area contributed by atoms with Gasteiger partial charge in [-0.05, 0) is 37.3 Å². The third kappa shape index (κ3) is 4.78. The van der Waals surface area contributed by atoms with Gasteiger partial charge in [0.15, 0.2) is 0 Å². The van der Waals surface area contributed by atoms with Crippen LogP contribution in [0.3, 0.4) is 0 Å². The van der Waals surface area contributed by atoms with Gasteiger partial charge in [0.1, 0.15) is 0 Å². The number of hydrogen-bond acceptors (Lipinski definition) is 5. The highest BCUT2D eigenvalue weighted by Crippen LogP contribution is 2.23. The van der Waals surface area contributed by atoms with Crippen LogP contribution in [-0.4, -0.2) is 62.5 Å². The van der Waals surface area contributed by atoms with Gasteiger partial charge in [0, 0.05) is 56.4 Å². The summed E-state index contributed by atoms with van der Waals surface area (Å²) in [5.74, 6) is 0. The van der Waals surface area contributed by atoms with Crippen LogP contribution in [0.2, 0.25) is 0 Å². The zero-order chi connectivity index (χ0) is 20.4. The number of hydrogen-bond donors (Lipinski definition) is 1. The smallest absolute Gasteiger partial charge is 0.266 e. The molecule has 1 fully saturated rings. The van der Waals surface area contributed by atoms with Crippen molar-refractivity contribution in [2.75, 3.05) is 32.7 Å². The van der Waals surface area contributed by atoms with Crippen molar-refractivity contribution in [3.63, 3.8) is 0 Å². The van der Waals surface area contributed by atoms with E-state index in [1.54, 1.807) is 10.7 Å². The van der Waals surface area contributed by atoms with Crippen LogP contribution in [0.15, 0.2) is 16.9 Å². The third-order valence-electron chi connectivity index (χ3n) is 6.24. The number of aryl methyl sites for hydroxylation is 1. The zero-order valence-electron chi connectivity index (χ0n) is 18.1. The van der Waals surface area contributed by atoms with Gasteiger partial charge in [-0.15, -0.1) is 0 Å². The zero-order valence-corrected chi connectivity index (χ0v) is 18.1. The number of nitrogens with zero attached hydrogens (tertiary/aromatic N) is 5. The fourth-order valence-electron chi connectivity index (χ4n) is 4.31. The molecule has 7 nitrogen and oxygen atoms in total. The molecule has 2 aromatic heterocycles. The second-order valence-corrected chi connectivity index (χ2v) is 9.48. The molecule has 0 amide bonds. The highest BCUT2D eigenvalue weighted by atomic mass is 16.1. The molecule has 1 aliphatic carbocycles. The lowest BCUT2D eigenvalue weighted by Crippen LogP contribution is -2.47. The first-order valence-corrected chi connectivity index (χ1v) is 11.0. The van der Waals surface area contributed by atoms with Crippen molar-refractivity contribution in [1.29, 1.82) is 0 Å². The van der Waals surface area contributed by atoms with Gasteiger partial charge in [0.25, 0.3) is 5.56 Å². The van der Waals surface area contributed by atoms with Crippen LogP contribution in [0.1, 0.15) is 56.3 Å². The Morgan fingerprint density at radius 2 is 1.72 bits per heavy atom. The number of nitrogens with one attached hydrogen (secondary N) is 1. The summed E-state index contributed by atoms with van der Waals surface area (Å²) in [6.45, 7) is 13.0. The lowest BCUT2D eigenvalue weighted by molar-refractivity contribution is 0.121. The van der Waals surface area contributed by atoms with Crippen LogP contribution < -0.4 is 5.56 Å². The summed E-state index contributed by atoms with van der Waals surface area (Å²) < 4.78 is 1.63. The van der Waals surface area contributed by atoms with E-state index in [0.29, 0.717) is 6.54 Å². The first-order valence-electron chi connectivity index (χ1n) is 11.0. The quantitative estimate of drug-likeness (QED) is 0.834. The van der Waals surface area contributed by atoms with Crippen LogP contribution in [0, 0.1) is 0 Å². The molecule has 1 saturated heterocycles. The predicted octanol–water partition coefficient (Wildman–Crippen LogP) is 1.96. The Morgan fingerprint density at radius 3 is 2.48 bits per heavy atom. The molecule has 0 atom stereocenters. The second kappa shape index (κ2) is 8.40. The van der Waals surface area contributed by atoms with Crippen LogP contribution >= 0.6 is 0 Å². The molecular formula is C22H34N6O. The average Bonchev–Trinajstić information content (AvgIpc) is 3.10. The maximum atomic E-state index is 12.2. The monoisotopic (exact) mass is 398 g/mol. The number of aromatic amines is 1. The normalized spacial score (nSPS) is 18.7. The number of H-pyrrole nitrogens is 1. The Labute approximate surface area is 173 Å². The Morgan fingerprint density at radius 1 is 1.00 bits per heavy atom. The van der Waals surface area contributed by atoms with Gasteiger partial charge in [0.05, 0.1) is 17.9 Å². The minimum absolute atomic E-state index is 0.0139. The maximum absolute atomic E-state index is 12.2. The Bertz CT molecular complexity index is 885. The lowest BCUT2D eigenvalue weighted by atomic mass is 9.92. The summed E-state index contributed by atoms with van der Waals surface area (Å²) in [6.07, 6.45) is 4.90. The highest BCUT2D eigenvalue weighted by molar-refractivity contribution is 5.27. The second-order valence-electron chi connectivity index (χ2n) is 9.48. The highest BCUT2D eigenvalue weighted by Gasteiger charge is 2.22. The van der Waals surface area contributed by atoms with Crippen molar-refractivity contribution in [2.45, 2.75) is 65.0 Å². The molecule has 1 N–H and O–H groups in total. The van der Waals surface area contributed by atoms with Gasteiger partial charge in [-0.1, -0.05) is 20.8 Å². The van der Waals surface area contributed by atoms with E-state index in [1.807, 2.05) is 6.07 Å². The number of rotatable bonds is 5. The minimum Gasteiger partial charge on any atom is -0.299 e. The molecule has 4 rings (SSSR count).